The molecule has 0 heterocycles. The maximum atomic E-state index is 12.2. The van der Waals surface area contributed by atoms with Crippen LogP contribution in [0.3, 0.4) is 0 Å². The van der Waals surface area contributed by atoms with Crippen molar-refractivity contribution in [3.63, 3.8) is 0 Å². The molecule has 3 rings (SSSR count). The fraction of sp³-hybridized carbons (Fsp3) is 0.208. The number of aliphatic carboxylic acids is 1. The van der Waals surface area contributed by atoms with E-state index in [0.717, 1.165) is 27.8 Å². The van der Waals surface area contributed by atoms with Gasteiger partial charge < -0.3 is 16.1 Å². The van der Waals surface area contributed by atoms with E-state index >= 15 is 0 Å². The average molecular weight is 361 g/mol. The Morgan fingerprint density at radius 1 is 0.815 bits per heavy atom. The van der Waals surface area contributed by atoms with Gasteiger partial charge in [0.1, 0.15) is 0 Å². The predicted octanol–water partition coefficient (Wildman–Crippen LogP) is 4.42. The summed E-state index contributed by atoms with van der Waals surface area (Å²) in [5.74, 6) is -1.90. The molecule has 0 fully saturated rings. The first-order valence-corrected chi connectivity index (χ1v) is 8.92. The van der Waals surface area contributed by atoms with E-state index in [1.54, 1.807) is 0 Å². The number of hydrogen-bond acceptors (Lipinski definition) is 2. The maximum absolute atomic E-state index is 12.2. The number of carbonyl (C=O) groups is 1. The molecule has 0 aliphatic carbocycles. The minimum atomic E-state index is -1.01. The van der Waals surface area contributed by atoms with Gasteiger partial charge in [0.15, 0.2) is 0 Å². The highest BCUT2D eigenvalue weighted by Gasteiger charge is 2.26. The Morgan fingerprint density at radius 3 is 1.67 bits per heavy atom. The molecule has 27 heavy (non-hydrogen) atoms. The SMILES string of the molecule is Cc1cc(C)cc(CC(C(=O)[O-])C(c2ccccc2)c2ccccc2)c1.[NH4+]. The lowest BCUT2D eigenvalue weighted by molar-refractivity contribution is -0.312. The van der Waals surface area contributed by atoms with Gasteiger partial charge in [-0.15, -0.1) is 0 Å². The van der Waals surface area contributed by atoms with Gasteiger partial charge in [-0.1, -0.05) is 90.0 Å². The molecular formula is C24H27NO2. The van der Waals surface area contributed by atoms with Crippen molar-refractivity contribution in [2.45, 2.75) is 26.2 Å². The van der Waals surface area contributed by atoms with Gasteiger partial charge in [-0.2, -0.15) is 0 Å². The van der Waals surface area contributed by atoms with Crippen molar-refractivity contribution in [2.24, 2.45) is 5.92 Å². The maximum Gasteiger partial charge on any atom is 0.0458 e. The molecule has 0 bridgehead atoms. The third-order valence-electron chi connectivity index (χ3n) is 4.76. The molecule has 140 valence electrons. The Balaban J connectivity index is 0.00000261. The predicted molar refractivity (Wildman–Crippen MR) is 109 cm³/mol. The van der Waals surface area contributed by atoms with E-state index < -0.39 is 11.9 Å². The zero-order chi connectivity index (χ0) is 18.5. The van der Waals surface area contributed by atoms with E-state index in [1.807, 2.05) is 74.5 Å². The first kappa shape index (κ1) is 20.4. The van der Waals surface area contributed by atoms with Crippen molar-refractivity contribution in [1.29, 1.82) is 0 Å². The third-order valence-corrected chi connectivity index (χ3v) is 4.76. The minimum Gasteiger partial charge on any atom is -0.550 e. The summed E-state index contributed by atoms with van der Waals surface area (Å²) in [6.45, 7) is 4.08. The zero-order valence-electron chi connectivity index (χ0n) is 16.2. The molecule has 0 saturated heterocycles. The normalized spacial score (nSPS) is 11.7. The molecule has 0 spiro atoms. The highest BCUT2D eigenvalue weighted by Crippen LogP contribution is 2.34. The van der Waals surface area contributed by atoms with Gasteiger partial charge in [0, 0.05) is 17.8 Å². The molecule has 3 aromatic rings. The largest absolute Gasteiger partial charge is 0.550 e. The van der Waals surface area contributed by atoms with Crippen LogP contribution in [0.1, 0.15) is 33.7 Å². The van der Waals surface area contributed by atoms with Crippen LogP contribution < -0.4 is 11.3 Å². The summed E-state index contributed by atoms with van der Waals surface area (Å²) in [7, 11) is 0. The van der Waals surface area contributed by atoms with Crippen LogP contribution in [-0.2, 0) is 11.2 Å². The second-order valence-corrected chi connectivity index (χ2v) is 6.92. The summed E-state index contributed by atoms with van der Waals surface area (Å²) >= 11 is 0. The van der Waals surface area contributed by atoms with Crippen LogP contribution in [-0.4, -0.2) is 5.97 Å². The number of rotatable bonds is 6. The molecule has 1 atom stereocenters. The van der Waals surface area contributed by atoms with Crippen molar-refractivity contribution in [2.75, 3.05) is 0 Å². The van der Waals surface area contributed by atoms with E-state index in [2.05, 4.69) is 18.2 Å². The molecule has 0 aromatic heterocycles. The molecule has 3 nitrogen and oxygen atoms in total. The van der Waals surface area contributed by atoms with Crippen molar-refractivity contribution in [3.8, 4) is 0 Å². The second-order valence-electron chi connectivity index (χ2n) is 6.92. The number of benzene rings is 3. The number of carboxylic acids is 1. The van der Waals surface area contributed by atoms with E-state index in [1.165, 1.54) is 0 Å². The molecule has 0 saturated carbocycles. The molecule has 1 unspecified atom stereocenters. The van der Waals surface area contributed by atoms with Gasteiger partial charge in [0.25, 0.3) is 0 Å². The number of aryl methyl sites for hydroxylation is 2. The van der Waals surface area contributed by atoms with Crippen molar-refractivity contribution < 1.29 is 9.90 Å². The van der Waals surface area contributed by atoms with Gasteiger partial charge in [0.2, 0.25) is 0 Å². The number of quaternary nitrogens is 1. The Kier molecular flexibility index (Phi) is 6.91. The number of carboxylic acid groups (broad SMARTS) is 1. The average Bonchev–Trinajstić information content (AvgIpc) is 2.62. The topological polar surface area (TPSA) is 76.6 Å². The van der Waals surface area contributed by atoms with Gasteiger partial charge in [-0.3, -0.25) is 0 Å². The monoisotopic (exact) mass is 361 g/mol. The standard InChI is InChI=1S/C24H24O2.H3N/c1-17-13-18(2)15-19(14-17)16-22(24(25)26)23(20-9-5-3-6-10-20)21-11-7-4-8-12-21;/h3-15,22-23H,16H2,1-2H3,(H,25,26);1H3. The Labute approximate surface area is 161 Å². The quantitative estimate of drug-likeness (QED) is 0.705. The first-order valence-electron chi connectivity index (χ1n) is 8.92. The molecule has 0 amide bonds. The highest BCUT2D eigenvalue weighted by molar-refractivity contribution is 5.71. The highest BCUT2D eigenvalue weighted by atomic mass is 16.4. The lowest BCUT2D eigenvalue weighted by Gasteiger charge is -2.29. The first-order chi connectivity index (χ1) is 12.5. The fourth-order valence-corrected chi connectivity index (χ4v) is 3.76. The molecule has 0 radical (unpaired) electrons. The van der Waals surface area contributed by atoms with Crippen LogP contribution in [0.15, 0.2) is 78.9 Å². The Bertz CT molecular complexity index is 816. The van der Waals surface area contributed by atoms with Gasteiger partial charge in [-0.25, -0.2) is 0 Å². The van der Waals surface area contributed by atoms with E-state index in [-0.39, 0.29) is 12.1 Å². The molecule has 3 aromatic carbocycles. The van der Waals surface area contributed by atoms with Crippen LogP contribution in [0, 0.1) is 19.8 Å². The molecule has 0 aliphatic heterocycles. The number of hydrogen-bond donors (Lipinski definition) is 1. The summed E-state index contributed by atoms with van der Waals surface area (Å²) in [6, 6.07) is 25.9. The van der Waals surface area contributed by atoms with Crippen molar-refractivity contribution in [1.82, 2.24) is 6.15 Å². The van der Waals surface area contributed by atoms with Crippen molar-refractivity contribution >= 4 is 5.97 Å². The summed E-state index contributed by atoms with van der Waals surface area (Å²) in [5, 5.41) is 12.2. The summed E-state index contributed by atoms with van der Waals surface area (Å²) in [6.07, 6.45) is 0.444. The minimum absolute atomic E-state index is 0. The Hall–Kier alpha value is -2.91. The van der Waals surface area contributed by atoms with Crippen LogP contribution in [0.5, 0.6) is 0 Å². The van der Waals surface area contributed by atoms with Gasteiger partial charge in [0.05, 0.1) is 0 Å². The lowest BCUT2D eigenvalue weighted by atomic mass is 9.77. The fourth-order valence-electron chi connectivity index (χ4n) is 3.76. The molecule has 4 N–H and O–H groups in total. The van der Waals surface area contributed by atoms with E-state index in [9.17, 15) is 9.90 Å². The van der Waals surface area contributed by atoms with E-state index in [4.69, 9.17) is 0 Å². The van der Waals surface area contributed by atoms with Crippen LogP contribution in [0.2, 0.25) is 0 Å². The Morgan fingerprint density at radius 2 is 1.26 bits per heavy atom. The van der Waals surface area contributed by atoms with Crippen LogP contribution in [0.4, 0.5) is 0 Å². The molecule has 0 aliphatic rings. The third kappa shape index (κ3) is 5.05. The zero-order valence-corrected chi connectivity index (χ0v) is 16.2. The van der Waals surface area contributed by atoms with Gasteiger partial charge >= 0.3 is 0 Å². The van der Waals surface area contributed by atoms with Crippen molar-refractivity contribution in [3.05, 3.63) is 107 Å². The lowest BCUT2D eigenvalue weighted by Crippen LogP contribution is -2.37. The summed E-state index contributed by atoms with van der Waals surface area (Å²) in [5.41, 5.74) is 5.32. The number of carbonyl (C=O) groups excluding carboxylic acids is 1. The second kappa shape index (κ2) is 9.15. The van der Waals surface area contributed by atoms with E-state index in [0.29, 0.717) is 6.42 Å². The van der Waals surface area contributed by atoms with Crippen LogP contribution >= 0.6 is 0 Å². The summed E-state index contributed by atoms with van der Waals surface area (Å²) < 4.78 is 0. The van der Waals surface area contributed by atoms with Crippen LogP contribution in [0.25, 0.3) is 0 Å². The smallest absolute Gasteiger partial charge is 0.0458 e. The van der Waals surface area contributed by atoms with Gasteiger partial charge in [-0.05, 0) is 37.0 Å². The summed E-state index contributed by atoms with van der Waals surface area (Å²) in [4.78, 5) is 12.2. The molecular weight excluding hydrogens is 334 g/mol. The molecule has 3 heteroatoms.